The van der Waals surface area contributed by atoms with Crippen molar-refractivity contribution >= 4 is 5.97 Å². The highest BCUT2D eigenvalue weighted by Crippen LogP contribution is 2.39. The molecule has 0 aliphatic carbocycles. The van der Waals surface area contributed by atoms with Gasteiger partial charge >= 0.3 is 5.97 Å². The number of ether oxygens (including phenoxy) is 1. The van der Waals surface area contributed by atoms with Crippen molar-refractivity contribution < 1.29 is 14.6 Å². The van der Waals surface area contributed by atoms with Gasteiger partial charge in [0.15, 0.2) is 0 Å². The maximum Gasteiger partial charge on any atom is 0.312 e. The van der Waals surface area contributed by atoms with E-state index in [0.29, 0.717) is 12.3 Å². The minimum Gasteiger partial charge on any atom is -0.508 e. The summed E-state index contributed by atoms with van der Waals surface area (Å²) in [6.07, 6.45) is 1.63. The van der Waals surface area contributed by atoms with E-state index in [0.717, 1.165) is 6.42 Å². The third kappa shape index (κ3) is 6.40. The number of hydrogen-bond donors (Lipinski definition) is 1. The third-order valence-corrected chi connectivity index (χ3v) is 5.08. The van der Waals surface area contributed by atoms with Gasteiger partial charge in [0, 0.05) is 0 Å². The smallest absolute Gasteiger partial charge is 0.312 e. The molecule has 0 amide bonds. The predicted octanol–water partition coefficient (Wildman–Crippen LogP) is 6.43. The lowest BCUT2D eigenvalue weighted by atomic mass is 9.75. The topological polar surface area (TPSA) is 46.5 Å². The van der Waals surface area contributed by atoms with Crippen molar-refractivity contribution in [2.75, 3.05) is 0 Å². The van der Waals surface area contributed by atoms with Crippen molar-refractivity contribution in [3.05, 3.63) is 65.7 Å². The number of phenolic OH excluding ortho intramolecular Hbond substituents is 1. The maximum absolute atomic E-state index is 12.8. The molecule has 0 saturated carbocycles. The fourth-order valence-corrected chi connectivity index (χ4v) is 3.54. The van der Waals surface area contributed by atoms with Crippen LogP contribution < -0.4 is 0 Å². The lowest BCUT2D eigenvalue weighted by Gasteiger charge is -2.32. The molecule has 2 rings (SSSR count). The molecule has 152 valence electrons. The summed E-state index contributed by atoms with van der Waals surface area (Å²) in [5.41, 5.74) is 1.36. The molecule has 3 heteroatoms. The molecule has 0 radical (unpaired) electrons. The second kappa shape index (κ2) is 8.81. The Bertz CT molecular complexity index is 755. The van der Waals surface area contributed by atoms with Gasteiger partial charge in [0.1, 0.15) is 11.4 Å². The molecule has 0 bridgehead atoms. The van der Waals surface area contributed by atoms with Crippen LogP contribution in [0.25, 0.3) is 0 Å². The van der Waals surface area contributed by atoms with Gasteiger partial charge in [-0.05, 0) is 82.6 Å². The first-order chi connectivity index (χ1) is 13.0. The summed E-state index contributed by atoms with van der Waals surface area (Å²) in [6.45, 7) is 11.9. The molecule has 2 aromatic rings. The molecule has 3 nitrogen and oxygen atoms in total. The van der Waals surface area contributed by atoms with Crippen LogP contribution in [-0.2, 0) is 9.53 Å². The Kier molecular flexibility index (Phi) is 6.92. The van der Waals surface area contributed by atoms with E-state index in [2.05, 4.69) is 19.1 Å². The van der Waals surface area contributed by atoms with Gasteiger partial charge in [-0.1, -0.05) is 49.4 Å². The second-order valence-corrected chi connectivity index (χ2v) is 9.43. The Morgan fingerprint density at radius 3 is 2.04 bits per heavy atom. The van der Waals surface area contributed by atoms with Crippen molar-refractivity contribution in [3.8, 4) is 5.75 Å². The molecule has 2 unspecified atom stereocenters. The number of hydrogen-bond acceptors (Lipinski definition) is 3. The largest absolute Gasteiger partial charge is 0.508 e. The zero-order valence-corrected chi connectivity index (χ0v) is 18.0. The number of benzene rings is 2. The van der Waals surface area contributed by atoms with Gasteiger partial charge in [0.05, 0.1) is 5.41 Å². The highest BCUT2D eigenvalue weighted by atomic mass is 16.6. The van der Waals surface area contributed by atoms with E-state index in [1.54, 1.807) is 12.1 Å². The van der Waals surface area contributed by atoms with Gasteiger partial charge in [0.25, 0.3) is 0 Å². The van der Waals surface area contributed by atoms with Crippen LogP contribution in [0.5, 0.6) is 5.75 Å². The molecular formula is C25H34O3. The molecule has 0 spiro atoms. The fraction of sp³-hybridized carbons (Fsp3) is 0.480. The van der Waals surface area contributed by atoms with Crippen LogP contribution in [0, 0.1) is 5.41 Å². The van der Waals surface area contributed by atoms with Crippen molar-refractivity contribution in [3.63, 3.8) is 0 Å². The standard InChI is InChI=1S/C25H34O3/c1-18(19-12-14-22(26)15-13-19)16-21(20-10-8-7-9-11-20)17-25(5,6)23(27)28-24(2,3)4/h7-15,18,21,26H,16-17H2,1-6H3. The van der Waals surface area contributed by atoms with Crippen molar-refractivity contribution in [1.82, 2.24) is 0 Å². The number of esters is 1. The van der Waals surface area contributed by atoms with Crippen molar-refractivity contribution in [2.45, 2.75) is 71.8 Å². The first-order valence-electron chi connectivity index (χ1n) is 10.1. The summed E-state index contributed by atoms with van der Waals surface area (Å²) in [6, 6.07) is 17.8. The van der Waals surface area contributed by atoms with Crippen LogP contribution in [0.15, 0.2) is 54.6 Å². The highest BCUT2D eigenvalue weighted by Gasteiger charge is 2.35. The molecule has 1 N–H and O–H groups in total. The fourth-order valence-electron chi connectivity index (χ4n) is 3.54. The van der Waals surface area contributed by atoms with Crippen LogP contribution in [0.2, 0.25) is 0 Å². The average Bonchev–Trinajstić information content (AvgIpc) is 2.61. The lowest BCUT2D eigenvalue weighted by molar-refractivity contribution is -0.166. The van der Waals surface area contributed by atoms with E-state index in [9.17, 15) is 9.90 Å². The Hall–Kier alpha value is -2.29. The Morgan fingerprint density at radius 1 is 0.929 bits per heavy atom. The SMILES string of the molecule is CC(CC(CC(C)(C)C(=O)OC(C)(C)C)c1ccccc1)c1ccc(O)cc1. The molecule has 0 aliphatic heterocycles. The summed E-state index contributed by atoms with van der Waals surface area (Å²) in [4.78, 5) is 12.8. The molecule has 0 aromatic heterocycles. The zero-order chi connectivity index (χ0) is 20.9. The Morgan fingerprint density at radius 2 is 1.50 bits per heavy atom. The summed E-state index contributed by atoms with van der Waals surface area (Å²) in [7, 11) is 0. The quantitative estimate of drug-likeness (QED) is 0.561. The highest BCUT2D eigenvalue weighted by molar-refractivity contribution is 5.76. The van der Waals surface area contributed by atoms with Crippen LogP contribution >= 0.6 is 0 Å². The monoisotopic (exact) mass is 382 g/mol. The summed E-state index contributed by atoms with van der Waals surface area (Å²) >= 11 is 0. The Balaban J connectivity index is 2.22. The zero-order valence-electron chi connectivity index (χ0n) is 18.0. The predicted molar refractivity (Wildman–Crippen MR) is 115 cm³/mol. The summed E-state index contributed by atoms with van der Waals surface area (Å²) in [5.74, 6) is 0.660. The van der Waals surface area contributed by atoms with Gasteiger partial charge in [-0.2, -0.15) is 0 Å². The molecule has 2 atom stereocenters. The molecule has 28 heavy (non-hydrogen) atoms. The first-order valence-corrected chi connectivity index (χ1v) is 10.1. The van der Waals surface area contributed by atoms with E-state index >= 15 is 0 Å². The molecule has 0 saturated heterocycles. The number of aromatic hydroxyl groups is 1. The van der Waals surface area contributed by atoms with Crippen molar-refractivity contribution in [1.29, 1.82) is 0 Å². The number of carbonyl (C=O) groups is 1. The number of phenols is 1. The molecule has 0 fully saturated rings. The van der Waals surface area contributed by atoms with Crippen molar-refractivity contribution in [2.24, 2.45) is 5.41 Å². The van der Waals surface area contributed by atoms with Crippen LogP contribution in [0.3, 0.4) is 0 Å². The van der Waals surface area contributed by atoms with Gasteiger partial charge in [-0.15, -0.1) is 0 Å². The Labute approximate surface area is 169 Å². The second-order valence-electron chi connectivity index (χ2n) is 9.43. The number of carbonyl (C=O) groups excluding carboxylic acids is 1. The molecular weight excluding hydrogens is 348 g/mol. The van der Waals surface area contributed by atoms with Gasteiger partial charge in [-0.25, -0.2) is 0 Å². The first kappa shape index (κ1) is 22.0. The molecule has 0 aliphatic rings. The van der Waals surface area contributed by atoms with Gasteiger partial charge < -0.3 is 9.84 Å². The summed E-state index contributed by atoms with van der Waals surface area (Å²) < 4.78 is 5.68. The van der Waals surface area contributed by atoms with Gasteiger partial charge in [0.2, 0.25) is 0 Å². The molecule has 0 heterocycles. The third-order valence-electron chi connectivity index (χ3n) is 5.08. The normalized spacial score (nSPS) is 14.4. The summed E-state index contributed by atoms with van der Waals surface area (Å²) in [5, 5.41) is 9.55. The van der Waals surface area contributed by atoms with E-state index in [4.69, 9.17) is 4.74 Å². The van der Waals surface area contributed by atoms with Crippen LogP contribution in [0.1, 0.15) is 77.3 Å². The van der Waals surface area contributed by atoms with E-state index < -0.39 is 11.0 Å². The van der Waals surface area contributed by atoms with Gasteiger partial charge in [-0.3, -0.25) is 4.79 Å². The van der Waals surface area contributed by atoms with E-state index in [-0.39, 0.29) is 17.6 Å². The minimum atomic E-state index is -0.581. The minimum absolute atomic E-state index is 0.154. The van der Waals surface area contributed by atoms with Crippen LogP contribution in [0.4, 0.5) is 0 Å². The lowest BCUT2D eigenvalue weighted by Crippen LogP contribution is -2.35. The average molecular weight is 383 g/mol. The molecule has 2 aromatic carbocycles. The van der Waals surface area contributed by atoms with Crippen LogP contribution in [-0.4, -0.2) is 16.7 Å². The number of rotatable bonds is 7. The maximum atomic E-state index is 12.8. The van der Waals surface area contributed by atoms with E-state index in [1.165, 1.54) is 11.1 Å². The van der Waals surface area contributed by atoms with E-state index in [1.807, 2.05) is 65.0 Å².